The molecule has 1 aliphatic heterocycles. The molecule has 25 heavy (non-hydrogen) atoms. The van der Waals surface area contributed by atoms with Gasteiger partial charge in [-0.15, -0.1) is 0 Å². The summed E-state index contributed by atoms with van der Waals surface area (Å²) in [5, 5.41) is 2.74. The Morgan fingerprint density at radius 2 is 1.84 bits per heavy atom. The lowest BCUT2D eigenvalue weighted by Gasteiger charge is -2.36. The van der Waals surface area contributed by atoms with Crippen LogP contribution in [0.4, 0.5) is 4.79 Å². The van der Waals surface area contributed by atoms with E-state index in [-0.39, 0.29) is 23.7 Å². The Labute approximate surface area is 147 Å². The van der Waals surface area contributed by atoms with E-state index in [4.69, 9.17) is 9.15 Å². The fourth-order valence-electron chi connectivity index (χ4n) is 2.65. The third kappa shape index (κ3) is 4.74. The van der Waals surface area contributed by atoms with Crippen LogP contribution in [-0.4, -0.2) is 66.5 Å². The molecule has 8 heteroatoms. The van der Waals surface area contributed by atoms with Crippen LogP contribution in [0.3, 0.4) is 0 Å². The van der Waals surface area contributed by atoms with Crippen molar-refractivity contribution in [3.05, 3.63) is 24.2 Å². The second-order valence-electron chi connectivity index (χ2n) is 6.18. The van der Waals surface area contributed by atoms with Crippen molar-refractivity contribution < 1.29 is 23.5 Å². The van der Waals surface area contributed by atoms with Crippen molar-refractivity contribution in [2.75, 3.05) is 32.8 Å². The van der Waals surface area contributed by atoms with Crippen LogP contribution < -0.4 is 5.32 Å². The molecule has 0 radical (unpaired) electrons. The molecule has 0 aliphatic carbocycles. The molecule has 2 heterocycles. The second-order valence-corrected chi connectivity index (χ2v) is 6.18. The Kier molecular flexibility index (Phi) is 6.44. The highest BCUT2D eigenvalue weighted by Gasteiger charge is 2.32. The third-order valence-electron chi connectivity index (χ3n) is 4.08. The van der Waals surface area contributed by atoms with Crippen LogP contribution in [0.15, 0.2) is 22.8 Å². The summed E-state index contributed by atoms with van der Waals surface area (Å²) in [5.74, 6) is -0.472. The van der Waals surface area contributed by atoms with Gasteiger partial charge in [-0.2, -0.15) is 0 Å². The number of piperazine rings is 1. The summed E-state index contributed by atoms with van der Waals surface area (Å²) in [6, 6.07) is 2.53. The number of nitrogens with zero attached hydrogens (tertiary/aromatic N) is 2. The van der Waals surface area contributed by atoms with Crippen LogP contribution in [-0.2, 0) is 9.53 Å². The molecule has 1 fully saturated rings. The van der Waals surface area contributed by atoms with Crippen molar-refractivity contribution >= 4 is 17.9 Å². The van der Waals surface area contributed by atoms with Gasteiger partial charge in [0.05, 0.1) is 12.9 Å². The van der Waals surface area contributed by atoms with Crippen molar-refractivity contribution in [2.24, 2.45) is 5.92 Å². The van der Waals surface area contributed by atoms with E-state index in [0.717, 1.165) is 0 Å². The number of nitrogens with one attached hydrogen (secondary N) is 1. The quantitative estimate of drug-likeness (QED) is 0.864. The lowest BCUT2D eigenvalue weighted by molar-refractivity contribution is -0.135. The van der Waals surface area contributed by atoms with Crippen LogP contribution in [0.2, 0.25) is 0 Å². The van der Waals surface area contributed by atoms with Gasteiger partial charge in [0.25, 0.3) is 5.91 Å². The summed E-state index contributed by atoms with van der Waals surface area (Å²) in [4.78, 5) is 39.9. The highest BCUT2D eigenvalue weighted by molar-refractivity contribution is 5.95. The van der Waals surface area contributed by atoms with E-state index in [2.05, 4.69) is 5.32 Å². The van der Waals surface area contributed by atoms with E-state index < -0.39 is 11.9 Å². The van der Waals surface area contributed by atoms with Gasteiger partial charge in [0, 0.05) is 26.2 Å². The molecule has 1 aromatic rings. The van der Waals surface area contributed by atoms with E-state index in [1.807, 2.05) is 13.8 Å². The highest BCUT2D eigenvalue weighted by atomic mass is 16.6. The molecule has 1 aromatic heterocycles. The van der Waals surface area contributed by atoms with Crippen LogP contribution >= 0.6 is 0 Å². The first-order valence-corrected chi connectivity index (χ1v) is 8.48. The number of amides is 3. The van der Waals surface area contributed by atoms with Crippen LogP contribution in [0, 0.1) is 5.92 Å². The molecular weight excluding hydrogens is 326 g/mol. The van der Waals surface area contributed by atoms with Crippen LogP contribution in [0.5, 0.6) is 0 Å². The van der Waals surface area contributed by atoms with Crippen LogP contribution in [0.25, 0.3) is 0 Å². The van der Waals surface area contributed by atoms with Crippen molar-refractivity contribution in [3.63, 3.8) is 0 Å². The minimum atomic E-state index is -0.647. The number of furan rings is 1. The van der Waals surface area contributed by atoms with Crippen LogP contribution in [0.1, 0.15) is 31.3 Å². The lowest BCUT2D eigenvalue weighted by atomic mass is 10.0. The molecule has 0 bridgehead atoms. The lowest BCUT2D eigenvalue weighted by Crippen LogP contribution is -2.57. The average Bonchev–Trinajstić information content (AvgIpc) is 3.13. The van der Waals surface area contributed by atoms with E-state index >= 15 is 0 Å². The molecule has 3 amide bonds. The molecule has 0 aromatic carbocycles. The molecule has 0 unspecified atom stereocenters. The Morgan fingerprint density at radius 3 is 2.36 bits per heavy atom. The zero-order valence-electron chi connectivity index (χ0n) is 14.9. The monoisotopic (exact) mass is 351 g/mol. The molecule has 138 valence electrons. The number of hydrogen-bond donors (Lipinski definition) is 1. The smallest absolute Gasteiger partial charge is 0.409 e. The molecule has 8 nitrogen and oxygen atoms in total. The standard InChI is InChI=1S/C17H25N3O5/c1-4-24-17(23)20-9-7-19(8-10-20)16(22)14(12(2)3)18-15(21)13-6-5-11-25-13/h5-6,11-12,14H,4,7-10H2,1-3H3,(H,18,21)/t14-/m0/s1. The molecule has 0 spiro atoms. The topological polar surface area (TPSA) is 92.1 Å². The SMILES string of the molecule is CCOC(=O)N1CCN(C(=O)[C@@H](NC(=O)c2ccco2)C(C)C)CC1. The first kappa shape index (κ1) is 18.8. The predicted octanol–water partition coefficient (Wildman–Crippen LogP) is 1.33. The normalized spacial score (nSPS) is 15.8. The predicted molar refractivity (Wildman–Crippen MR) is 90.0 cm³/mol. The zero-order chi connectivity index (χ0) is 18.4. The van der Waals surface area contributed by atoms with Gasteiger partial charge in [0.1, 0.15) is 6.04 Å². The van der Waals surface area contributed by atoms with Crippen molar-refractivity contribution in [3.8, 4) is 0 Å². The minimum absolute atomic E-state index is 0.0745. The summed E-state index contributed by atoms with van der Waals surface area (Å²) in [6.45, 7) is 7.50. The Morgan fingerprint density at radius 1 is 1.20 bits per heavy atom. The van der Waals surface area contributed by atoms with E-state index in [9.17, 15) is 14.4 Å². The first-order valence-electron chi connectivity index (χ1n) is 8.48. The van der Waals surface area contributed by atoms with Crippen molar-refractivity contribution in [1.82, 2.24) is 15.1 Å². The molecule has 1 aliphatic rings. The van der Waals surface area contributed by atoms with Gasteiger partial charge in [0.2, 0.25) is 5.91 Å². The minimum Gasteiger partial charge on any atom is -0.459 e. The zero-order valence-corrected chi connectivity index (χ0v) is 14.9. The van der Waals surface area contributed by atoms with E-state index in [0.29, 0.717) is 32.8 Å². The maximum absolute atomic E-state index is 12.8. The van der Waals surface area contributed by atoms with Crippen molar-refractivity contribution in [1.29, 1.82) is 0 Å². The van der Waals surface area contributed by atoms with Gasteiger partial charge in [0.15, 0.2) is 5.76 Å². The van der Waals surface area contributed by atoms with Gasteiger partial charge >= 0.3 is 6.09 Å². The van der Waals surface area contributed by atoms with Gasteiger partial charge < -0.3 is 24.3 Å². The number of carbonyl (C=O) groups is 3. The molecule has 1 N–H and O–H groups in total. The summed E-state index contributed by atoms with van der Waals surface area (Å²) >= 11 is 0. The average molecular weight is 351 g/mol. The number of carbonyl (C=O) groups excluding carboxylic acids is 3. The highest BCUT2D eigenvalue weighted by Crippen LogP contribution is 2.12. The maximum atomic E-state index is 12.8. The Bertz CT molecular complexity index is 591. The number of rotatable bonds is 5. The Balaban J connectivity index is 1.94. The molecular formula is C17H25N3O5. The first-order chi connectivity index (χ1) is 11.9. The fraction of sp³-hybridized carbons (Fsp3) is 0.588. The van der Waals surface area contributed by atoms with E-state index in [1.54, 1.807) is 28.9 Å². The summed E-state index contributed by atoms with van der Waals surface area (Å²) in [7, 11) is 0. The second kappa shape index (κ2) is 8.55. The van der Waals surface area contributed by atoms with Gasteiger partial charge in [-0.1, -0.05) is 13.8 Å². The van der Waals surface area contributed by atoms with Gasteiger partial charge in [-0.25, -0.2) is 4.79 Å². The fourth-order valence-corrected chi connectivity index (χ4v) is 2.65. The maximum Gasteiger partial charge on any atom is 0.409 e. The summed E-state index contributed by atoms with van der Waals surface area (Å²) in [6.07, 6.45) is 1.05. The van der Waals surface area contributed by atoms with E-state index in [1.165, 1.54) is 6.26 Å². The van der Waals surface area contributed by atoms with Gasteiger partial charge in [-0.3, -0.25) is 9.59 Å². The Hall–Kier alpha value is -2.51. The molecule has 2 rings (SSSR count). The summed E-state index contributed by atoms with van der Waals surface area (Å²) in [5.41, 5.74) is 0. The van der Waals surface area contributed by atoms with Crippen molar-refractivity contribution in [2.45, 2.75) is 26.8 Å². The number of ether oxygens (including phenoxy) is 1. The molecule has 1 atom stereocenters. The third-order valence-corrected chi connectivity index (χ3v) is 4.08. The molecule has 1 saturated heterocycles. The number of hydrogen-bond acceptors (Lipinski definition) is 5. The largest absolute Gasteiger partial charge is 0.459 e. The summed E-state index contributed by atoms with van der Waals surface area (Å²) < 4.78 is 10.0. The molecule has 0 saturated carbocycles. The van der Waals surface area contributed by atoms with Gasteiger partial charge in [-0.05, 0) is 25.0 Å².